The van der Waals surface area contributed by atoms with E-state index in [2.05, 4.69) is 29.6 Å². The third kappa shape index (κ3) is 5.93. The summed E-state index contributed by atoms with van der Waals surface area (Å²) in [5, 5.41) is 2.81. The molecule has 0 radical (unpaired) electrons. The van der Waals surface area contributed by atoms with Crippen LogP contribution in [0.15, 0.2) is 95.8 Å². The normalized spacial score (nSPS) is 11.1. The smallest absolute Gasteiger partial charge is 0.295 e. The second-order valence-corrected chi connectivity index (χ2v) is 9.21. The van der Waals surface area contributed by atoms with E-state index in [0.29, 0.717) is 23.7 Å². The Morgan fingerprint density at radius 3 is 2.03 bits per heavy atom. The molecule has 0 aliphatic carbocycles. The number of ether oxygens (including phenoxy) is 1. The van der Waals surface area contributed by atoms with Crippen LogP contribution in [0.2, 0.25) is 0 Å². The number of nitrogens with one attached hydrogen (secondary N) is 1. The summed E-state index contributed by atoms with van der Waals surface area (Å²) in [6, 6.07) is 29.6. The first kappa shape index (κ1) is 24.6. The van der Waals surface area contributed by atoms with Crippen molar-refractivity contribution < 1.29 is 9.53 Å². The van der Waals surface area contributed by atoms with E-state index in [1.165, 1.54) is 11.8 Å². The Morgan fingerprint density at radius 2 is 1.46 bits per heavy atom. The molecule has 0 aliphatic heterocycles. The molecule has 0 unspecified atom stereocenters. The van der Waals surface area contributed by atoms with Crippen LogP contribution < -0.4 is 10.9 Å². The van der Waals surface area contributed by atoms with Crippen molar-refractivity contribution in [3.05, 3.63) is 118 Å². The molecule has 3 aromatic carbocycles. The van der Waals surface area contributed by atoms with Gasteiger partial charge in [0.15, 0.2) is 0 Å². The molecule has 6 nitrogen and oxygen atoms in total. The molecule has 1 amide bonds. The molecule has 0 saturated heterocycles. The van der Waals surface area contributed by atoms with E-state index in [4.69, 9.17) is 4.74 Å². The summed E-state index contributed by atoms with van der Waals surface area (Å²) in [6.45, 7) is 2.32. The summed E-state index contributed by atoms with van der Waals surface area (Å²) in [7, 11) is 1.81. The number of benzene rings is 3. The first-order valence-corrected chi connectivity index (χ1v) is 12.6. The molecule has 4 aromatic rings. The number of hydrogen-bond acceptors (Lipinski definition) is 4. The van der Waals surface area contributed by atoms with E-state index in [-0.39, 0.29) is 23.3 Å². The van der Waals surface area contributed by atoms with Gasteiger partial charge >= 0.3 is 0 Å². The zero-order valence-electron chi connectivity index (χ0n) is 19.9. The summed E-state index contributed by atoms with van der Waals surface area (Å²) >= 11 is 1.48. The maximum absolute atomic E-state index is 13.0. The number of hydrogen-bond donors (Lipinski definition) is 1. The lowest BCUT2D eigenvalue weighted by Gasteiger charge is -2.19. The molecule has 0 atom stereocenters. The highest BCUT2D eigenvalue weighted by molar-refractivity contribution is 7.99. The lowest BCUT2D eigenvalue weighted by atomic mass is 10.0. The third-order valence-corrected chi connectivity index (χ3v) is 6.69. The van der Waals surface area contributed by atoms with Gasteiger partial charge in [0.1, 0.15) is 11.8 Å². The van der Waals surface area contributed by atoms with Gasteiger partial charge in [-0.15, -0.1) is 11.8 Å². The summed E-state index contributed by atoms with van der Waals surface area (Å²) < 4.78 is 9.52. The van der Waals surface area contributed by atoms with E-state index in [9.17, 15) is 9.59 Å². The lowest BCUT2D eigenvalue weighted by molar-refractivity contribution is -0.113. The zero-order valence-corrected chi connectivity index (χ0v) is 20.7. The largest absolute Gasteiger partial charge is 0.368 e. The number of para-hydroxylation sites is 1. The number of anilines is 1. The van der Waals surface area contributed by atoms with Crippen molar-refractivity contribution in [1.29, 1.82) is 0 Å². The molecule has 0 fully saturated rings. The molecule has 35 heavy (non-hydrogen) atoms. The second-order valence-electron chi connectivity index (χ2n) is 8.11. The Morgan fingerprint density at radius 1 is 0.914 bits per heavy atom. The second kappa shape index (κ2) is 11.7. The molecule has 1 heterocycles. The molecule has 0 aliphatic rings. The fraction of sp³-hybridized carbons (Fsp3) is 0.214. The standard InChI is InChI=1S/C28H29N3O3S/c1-21-26(28(33)31(30(21)2)24-16-10-5-11-17-24)29-25(32)20-35-19-18-34-27(22-12-6-3-7-13-22)23-14-8-4-9-15-23/h3-17,27H,18-20H2,1-2H3,(H,29,32). The van der Waals surface area contributed by atoms with E-state index in [1.54, 1.807) is 16.4 Å². The van der Waals surface area contributed by atoms with Crippen molar-refractivity contribution in [2.75, 3.05) is 23.4 Å². The number of aromatic nitrogens is 2. The summed E-state index contributed by atoms with van der Waals surface area (Å²) in [5.74, 6) is 0.693. The maximum atomic E-state index is 13.0. The van der Waals surface area contributed by atoms with Crippen molar-refractivity contribution in [2.24, 2.45) is 7.05 Å². The van der Waals surface area contributed by atoms with E-state index in [0.717, 1.165) is 16.8 Å². The molecule has 1 N–H and O–H groups in total. The number of thioether (sulfide) groups is 1. The van der Waals surface area contributed by atoms with Crippen LogP contribution in [0.3, 0.4) is 0 Å². The highest BCUT2D eigenvalue weighted by atomic mass is 32.2. The van der Waals surface area contributed by atoms with Crippen molar-refractivity contribution >= 4 is 23.4 Å². The van der Waals surface area contributed by atoms with Crippen LogP contribution in [-0.4, -0.2) is 33.4 Å². The fourth-order valence-electron chi connectivity index (χ4n) is 3.92. The van der Waals surface area contributed by atoms with Crippen LogP contribution in [0.4, 0.5) is 5.69 Å². The Kier molecular flexibility index (Phi) is 8.23. The SMILES string of the molecule is Cc1c(NC(=O)CSCCOC(c2ccccc2)c2ccccc2)c(=O)n(-c2ccccc2)n1C. The van der Waals surface area contributed by atoms with Gasteiger partial charge in [-0.3, -0.25) is 14.3 Å². The maximum Gasteiger partial charge on any atom is 0.295 e. The van der Waals surface area contributed by atoms with Crippen molar-refractivity contribution in [3.63, 3.8) is 0 Å². The van der Waals surface area contributed by atoms with Crippen LogP contribution in [-0.2, 0) is 16.6 Å². The first-order chi connectivity index (χ1) is 17.1. The zero-order chi connectivity index (χ0) is 24.6. The summed E-state index contributed by atoms with van der Waals surface area (Å²) in [6.07, 6.45) is -0.157. The van der Waals surface area contributed by atoms with Gasteiger partial charge in [-0.05, 0) is 30.2 Å². The first-order valence-electron chi connectivity index (χ1n) is 11.5. The van der Waals surface area contributed by atoms with E-state index < -0.39 is 0 Å². The Hall–Kier alpha value is -3.55. The average Bonchev–Trinajstić information content (AvgIpc) is 3.10. The molecule has 0 bridgehead atoms. The summed E-state index contributed by atoms with van der Waals surface area (Å²) in [5.41, 5.74) is 3.71. The van der Waals surface area contributed by atoms with Gasteiger partial charge in [0.2, 0.25) is 5.91 Å². The molecule has 7 heteroatoms. The Labute approximate surface area is 209 Å². The van der Waals surface area contributed by atoms with Crippen molar-refractivity contribution in [2.45, 2.75) is 13.0 Å². The van der Waals surface area contributed by atoms with Crippen LogP contribution in [0.1, 0.15) is 22.9 Å². The molecular formula is C28H29N3O3S. The van der Waals surface area contributed by atoms with Gasteiger partial charge in [0.25, 0.3) is 5.56 Å². The predicted molar refractivity (Wildman–Crippen MR) is 142 cm³/mol. The van der Waals surface area contributed by atoms with Gasteiger partial charge in [-0.1, -0.05) is 78.9 Å². The molecule has 4 rings (SSSR count). The quantitative estimate of drug-likeness (QED) is 0.321. The van der Waals surface area contributed by atoms with Crippen LogP contribution in [0.25, 0.3) is 5.69 Å². The van der Waals surface area contributed by atoms with Gasteiger partial charge in [-0.25, -0.2) is 4.68 Å². The number of rotatable bonds is 10. The van der Waals surface area contributed by atoms with Crippen molar-refractivity contribution in [3.8, 4) is 5.69 Å². The molecule has 0 saturated carbocycles. The minimum Gasteiger partial charge on any atom is -0.368 e. The van der Waals surface area contributed by atoms with Gasteiger partial charge in [0.05, 0.1) is 23.7 Å². The minimum atomic E-state index is -0.244. The third-order valence-electron chi connectivity index (χ3n) is 5.77. The molecule has 1 aromatic heterocycles. The minimum absolute atomic E-state index is 0.157. The number of carbonyl (C=O) groups excluding carboxylic acids is 1. The molecule has 180 valence electrons. The van der Waals surface area contributed by atoms with Crippen LogP contribution >= 0.6 is 11.8 Å². The lowest BCUT2D eigenvalue weighted by Crippen LogP contribution is -2.23. The number of carbonyl (C=O) groups is 1. The van der Waals surface area contributed by atoms with Gasteiger partial charge in [0, 0.05) is 12.8 Å². The van der Waals surface area contributed by atoms with Crippen LogP contribution in [0.5, 0.6) is 0 Å². The number of amides is 1. The fourth-order valence-corrected chi connectivity index (χ4v) is 4.53. The number of nitrogens with zero attached hydrogens (tertiary/aromatic N) is 2. The van der Waals surface area contributed by atoms with E-state index >= 15 is 0 Å². The monoisotopic (exact) mass is 487 g/mol. The van der Waals surface area contributed by atoms with Gasteiger partial charge < -0.3 is 10.1 Å². The molecular weight excluding hydrogens is 458 g/mol. The average molecular weight is 488 g/mol. The van der Waals surface area contributed by atoms with Crippen LogP contribution in [0, 0.1) is 6.92 Å². The Bertz CT molecular complexity index is 1260. The molecule has 0 spiro atoms. The highest BCUT2D eigenvalue weighted by Crippen LogP contribution is 2.26. The topological polar surface area (TPSA) is 65.3 Å². The van der Waals surface area contributed by atoms with Crippen molar-refractivity contribution in [1.82, 2.24) is 9.36 Å². The van der Waals surface area contributed by atoms with E-state index in [1.807, 2.05) is 73.7 Å². The Balaban J connectivity index is 1.32. The summed E-state index contributed by atoms with van der Waals surface area (Å²) in [4.78, 5) is 25.6. The highest BCUT2D eigenvalue weighted by Gasteiger charge is 2.18. The van der Waals surface area contributed by atoms with Gasteiger partial charge in [-0.2, -0.15) is 0 Å². The predicted octanol–water partition coefficient (Wildman–Crippen LogP) is 4.96.